The molecule has 0 spiro atoms. The van der Waals surface area contributed by atoms with E-state index in [-0.39, 0.29) is 5.75 Å². The van der Waals surface area contributed by atoms with Crippen molar-refractivity contribution < 1.29 is 8.76 Å². The highest BCUT2D eigenvalue weighted by Crippen LogP contribution is 2.12. The molecule has 0 saturated carbocycles. The quantitative estimate of drug-likeness (QED) is 0.366. The second-order valence-corrected chi connectivity index (χ2v) is 9.41. The van der Waals surface area contributed by atoms with Crippen LogP contribution in [0.1, 0.15) is 90.4 Å². The first-order valence-electron chi connectivity index (χ1n) is 9.22. The predicted molar refractivity (Wildman–Crippen MR) is 102 cm³/mol. The van der Waals surface area contributed by atoms with E-state index in [1.807, 2.05) is 0 Å². The van der Waals surface area contributed by atoms with Crippen LogP contribution >= 0.6 is 0 Å². The van der Waals surface area contributed by atoms with Crippen LogP contribution in [0, 0.1) is 0 Å². The molecule has 0 saturated heterocycles. The maximum absolute atomic E-state index is 10.9. The molecule has 0 aromatic heterocycles. The first kappa shape index (κ1) is 22.3. The zero-order valence-corrected chi connectivity index (χ0v) is 16.1. The van der Waals surface area contributed by atoms with Crippen molar-refractivity contribution >= 4 is 20.0 Å². The molecule has 0 amide bonds. The molecule has 0 radical (unpaired) electrons. The van der Waals surface area contributed by atoms with Crippen molar-refractivity contribution in [1.82, 2.24) is 5.32 Å². The number of hydrogen-bond acceptors (Lipinski definition) is 3. The third-order valence-corrected chi connectivity index (χ3v) is 5.21. The Morgan fingerprint density at radius 2 is 1.18 bits per heavy atom. The molecule has 0 rings (SSSR count). The Labute approximate surface area is 143 Å². The standard InChI is InChI=1S/C17H37NO2S2/c1-2-3-4-5-6-7-8-9-10-11-12-13-14-15-18-16-17-22(19,20)21/h18H,2-17H2,1H3,(H,19,20,21). The average Bonchev–Trinajstić information content (AvgIpc) is 2.45. The first-order valence-corrected chi connectivity index (χ1v) is 11.8. The Morgan fingerprint density at radius 1 is 0.773 bits per heavy atom. The van der Waals surface area contributed by atoms with Gasteiger partial charge in [-0.1, -0.05) is 84.0 Å². The minimum Gasteiger partial charge on any atom is -0.316 e. The number of nitrogens with one attached hydrogen (secondary N) is 1. The fourth-order valence-corrected chi connectivity index (χ4v) is 3.25. The van der Waals surface area contributed by atoms with Crippen molar-refractivity contribution in [3.05, 3.63) is 0 Å². The van der Waals surface area contributed by atoms with Gasteiger partial charge in [0.2, 0.25) is 0 Å². The first-order chi connectivity index (χ1) is 10.6. The van der Waals surface area contributed by atoms with Crippen molar-refractivity contribution in [2.24, 2.45) is 0 Å². The van der Waals surface area contributed by atoms with Crippen LogP contribution in [0.2, 0.25) is 0 Å². The molecule has 0 fully saturated rings. The summed E-state index contributed by atoms with van der Waals surface area (Å²) in [6, 6.07) is 0. The van der Waals surface area contributed by atoms with Crippen LogP contribution < -0.4 is 5.32 Å². The molecule has 0 aromatic carbocycles. The lowest BCUT2D eigenvalue weighted by atomic mass is 10.0. The molecule has 22 heavy (non-hydrogen) atoms. The van der Waals surface area contributed by atoms with Crippen molar-refractivity contribution in [3.8, 4) is 0 Å². The third kappa shape index (κ3) is 20.3. The zero-order chi connectivity index (χ0) is 16.5. The van der Waals surface area contributed by atoms with Gasteiger partial charge in [-0.25, -0.2) is 4.21 Å². The lowest BCUT2D eigenvalue weighted by Gasteiger charge is -2.05. The molecule has 3 nitrogen and oxygen atoms in total. The van der Waals surface area contributed by atoms with E-state index in [2.05, 4.69) is 23.4 Å². The van der Waals surface area contributed by atoms with Crippen LogP contribution in [-0.4, -0.2) is 27.6 Å². The second kappa shape index (κ2) is 16.2. The van der Waals surface area contributed by atoms with Gasteiger partial charge in [0.05, 0.1) is 5.75 Å². The molecule has 1 unspecified atom stereocenters. The minimum atomic E-state index is -2.97. The summed E-state index contributed by atoms with van der Waals surface area (Å²) in [6.07, 6.45) is 17.7. The molecule has 0 bridgehead atoms. The monoisotopic (exact) mass is 351 g/mol. The van der Waals surface area contributed by atoms with Crippen molar-refractivity contribution in [1.29, 1.82) is 0 Å². The van der Waals surface area contributed by atoms with E-state index < -0.39 is 8.77 Å². The van der Waals surface area contributed by atoms with E-state index in [0.29, 0.717) is 6.54 Å². The molecule has 0 aliphatic heterocycles. The normalized spacial score (nSPS) is 14.1. The fraction of sp³-hybridized carbons (Fsp3) is 1.00. The van der Waals surface area contributed by atoms with E-state index in [1.54, 1.807) is 0 Å². The predicted octanol–water partition coefficient (Wildman–Crippen LogP) is 4.89. The van der Waals surface area contributed by atoms with Crippen LogP contribution in [0.5, 0.6) is 0 Å². The summed E-state index contributed by atoms with van der Waals surface area (Å²) in [5.74, 6) is 0.181. The highest BCUT2D eigenvalue weighted by Gasteiger charge is 1.98. The lowest BCUT2D eigenvalue weighted by Crippen LogP contribution is -2.23. The minimum absolute atomic E-state index is 0.181. The Kier molecular flexibility index (Phi) is 16.4. The van der Waals surface area contributed by atoms with E-state index in [9.17, 15) is 4.21 Å². The fourth-order valence-electron chi connectivity index (χ4n) is 2.59. The summed E-state index contributed by atoms with van der Waals surface area (Å²) in [6.45, 7) is 3.75. The Balaban J connectivity index is 3.03. The summed E-state index contributed by atoms with van der Waals surface area (Å²) in [5, 5.41) is 3.18. The number of hydrogen-bond donors (Lipinski definition) is 2. The lowest BCUT2D eigenvalue weighted by molar-refractivity contribution is 0.532. The van der Waals surface area contributed by atoms with Crippen LogP contribution in [0.25, 0.3) is 0 Å². The largest absolute Gasteiger partial charge is 0.316 e. The average molecular weight is 352 g/mol. The molecule has 1 atom stereocenters. The third-order valence-electron chi connectivity index (χ3n) is 3.99. The van der Waals surface area contributed by atoms with Gasteiger partial charge in [0.1, 0.15) is 8.77 Å². The zero-order valence-electron chi connectivity index (χ0n) is 14.5. The molecule has 0 aliphatic carbocycles. The molecule has 0 aliphatic rings. The Hall–Kier alpha value is 0.290. The van der Waals surface area contributed by atoms with Gasteiger partial charge in [-0.05, 0) is 13.0 Å². The summed E-state index contributed by atoms with van der Waals surface area (Å²) in [7, 11) is -2.97. The van der Waals surface area contributed by atoms with Gasteiger partial charge >= 0.3 is 0 Å². The summed E-state index contributed by atoms with van der Waals surface area (Å²) >= 11 is 4.43. The topological polar surface area (TPSA) is 49.3 Å². The van der Waals surface area contributed by atoms with Crippen LogP contribution in [0.4, 0.5) is 0 Å². The van der Waals surface area contributed by atoms with Crippen molar-refractivity contribution in [3.63, 3.8) is 0 Å². The van der Waals surface area contributed by atoms with Gasteiger partial charge in [-0.15, -0.1) is 0 Å². The van der Waals surface area contributed by atoms with Crippen molar-refractivity contribution in [2.45, 2.75) is 90.4 Å². The molecule has 2 N–H and O–H groups in total. The number of rotatable bonds is 17. The van der Waals surface area contributed by atoms with E-state index in [4.69, 9.17) is 4.55 Å². The Morgan fingerprint density at radius 3 is 1.59 bits per heavy atom. The maximum atomic E-state index is 10.9. The van der Waals surface area contributed by atoms with E-state index in [0.717, 1.165) is 13.0 Å². The Bertz CT molecular complexity index is 319. The van der Waals surface area contributed by atoms with Gasteiger partial charge in [0, 0.05) is 17.7 Å². The molecule has 0 aromatic rings. The van der Waals surface area contributed by atoms with E-state index >= 15 is 0 Å². The molecular formula is C17H37NO2S2. The van der Waals surface area contributed by atoms with Crippen molar-refractivity contribution in [2.75, 3.05) is 18.8 Å². The SMILES string of the molecule is CCCCCCCCCCCCCCCNCCS(=O)(O)=S. The van der Waals surface area contributed by atoms with Gasteiger partial charge < -0.3 is 9.87 Å². The number of unbranched alkanes of at least 4 members (excludes halogenated alkanes) is 12. The van der Waals surface area contributed by atoms with Gasteiger partial charge in [0.25, 0.3) is 0 Å². The van der Waals surface area contributed by atoms with E-state index in [1.165, 1.54) is 77.0 Å². The molecule has 5 heteroatoms. The molecule has 0 heterocycles. The molecular weight excluding hydrogens is 314 g/mol. The highest BCUT2D eigenvalue weighted by atomic mass is 32.8. The van der Waals surface area contributed by atoms with Gasteiger partial charge in [-0.2, -0.15) is 0 Å². The maximum Gasteiger partial charge on any atom is 0.142 e. The summed E-state index contributed by atoms with van der Waals surface area (Å²) in [5.41, 5.74) is 0. The molecule has 134 valence electrons. The van der Waals surface area contributed by atoms with Gasteiger partial charge in [0.15, 0.2) is 0 Å². The summed E-state index contributed by atoms with van der Waals surface area (Å²) in [4.78, 5) is 0. The van der Waals surface area contributed by atoms with Crippen LogP contribution in [0.3, 0.4) is 0 Å². The summed E-state index contributed by atoms with van der Waals surface area (Å²) < 4.78 is 19.8. The highest BCUT2D eigenvalue weighted by molar-refractivity contribution is 8.29. The van der Waals surface area contributed by atoms with Crippen LogP contribution in [-0.2, 0) is 20.0 Å². The second-order valence-electron chi connectivity index (χ2n) is 6.28. The smallest absolute Gasteiger partial charge is 0.142 e. The van der Waals surface area contributed by atoms with Crippen LogP contribution in [0.15, 0.2) is 0 Å². The van der Waals surface area contributed by atoms with Gasteiger partial charge in [-0.3, -0.25) is 0 Å².